The summed E-state index contributed by atoms with van der Waals surface area (Å²) in [5.41, 5.74) is 0.422. The quantitative estimate of drug-likeness (QED) is 0.577. The van der Waals surface area contributed by atoms with Gasteiger partial charge in [0.2, 0.25) is 0 Å². The lowest BCUT2D eigenvalue weighted by molar-refractivity contribution is -0.147. The lowest BCUT2D eigenvalue weighted by atomic mass is 10.1. The molecule has 0 saturated carbocycles. The van der Waals surface area contributed by atoms with Crippen LogP contribution in [0.25, 0.3) is 0 Å². The van der Waals surface area contributed by atoms with Gasteiger partial charge in [0.15, 0.2) is 29.7 Å². The number of ether oxygens (including phenoxy) is 3. The number of esters is 1. The molecule has 1 N–H and O–H groups in total. The average Bonchev–Trinajstić information content (AvgIpc) is 3.08. The fourth-order valence-corrected chi connectivity index (χ4v) is 2.40. The number of ketones is 1. The summed E-state index contributed by atoms with van der Waals surface area (Å²) in [4.78, 5) is 35.6. The van der Waals surface area contributed by atoms with Crippen molar-refractivity contribution in [3.8, 4) is 11.5 Å². The predicted molar refractivity (Wildman–Crippen MR) is 91.8 cm³/mol. The summed E-state index contributed by atoms with van der Waals surface area (Å²) >= 11 is 0. The molecule has 142 valence electrons. The zero-order valence-corrected chi connectivity index (χ0v) is 14.6. The summed E-state index contributed by atoms with van der Waals surface area (Å²) in [6, 6.07) is 6.41. The molecule has 0 unspecified atom stereocenters. The topological polar surface area (TPSA) is 117 Å². The van der Waals surface area contributed by atoms with Crippen LogP contribution in [0.15, 0.2) is 28.8 Å². The first-order valence-corrected chi connectivity index (χ1v) is 8.33. The van der Waals surface area contributed by atoms with Gasteiger partial charge in [-0.25, -0.2) is 0 Å². The number of carbonyl (C=O) groups excluding carboxylic acids is 3. The third kappa shape index (κ3) is 5.06. The van der Waals surface area contributed by atoms with Gasteiger partial charge < -0.3 is 24.1 Å². The Morgan fingerprint density at radius 3 is 2.63 bits per heavy atom. The van der Waals surface area contributed by atoms with Crippen molar-refractivity contribution in [3.63, 3.8) is 0 Å². The number of aromatic nitrogens is 1. The van der Waals surface area contributed by atoms with Crippen LogP contribution in [-0.2, 0) is 14.3 Å². The number of hydrogen-bond donors (Lipinski definition) is 1. The van der Waals surface area contributed by atoms with Crippen molar-refractivity contribution < 1.29 is 33.1 Å². The third-order valence-electron chi connectivity index (χ3n) is 3.68. The van der Waals surface area contributed by atoms with Crippen LogP contribution in [0.1, 0.15) is 29.0 Å². The Labute approximate surface area is 154 Å². The van der Waals surface area contributed by atoms with E-state index >= 15 is 0 Å². The SMILES string of the molecule is Cc1cc(NC(=O)COC(=O)CCC(=O)c2ccc3c(c2)OCCO3)no1. The van der Waals surface area contributed by atoms with Gasteiger partial charge >= 0.3 is 5.97 Å². The first-order valence-electron chi connectivity index (χ1n) is 8.33. The van der Waals surface area contributed by atoms with Crippen LogP contribution in [0.3, 0.4) is 0 Å². The van der Waals surface area contributed by atoms with Crippen LogP contribution in [0.4, 0.5) is 5.82 Å². The van der Waals surface area contributed by atoms with E-state index in [-0.39, 0.29) is 24.4 Å². The number of nitrogens with one attached hydrogen (secondary N) is 1. The molecule has 0 atom stereocenters. The fourth-order valence-electron chi connectivity index (χ4n) is 2.40. The maximum Gasteiger partial charge on any atom is 0.306 e. The van der Waals surface area contributed by atoms with Crippen molar-refractivity contribution in [2.75, 3.05) is 25.1 Å². The molecule has 0 bridgehead atoms. The first kappa shape index (κ1) is 18.4. The average molecular weight is 374 g/mol. The van der Waals surface area contributed by atoms with E-state index in [4.69, 9.17) is 18.7 Å². The largest absolute Gasteiger partial charge is 0.486 e. The third-order valence-corrected chi connectivity index (χ3v) is 3.68. The van der Waals surface area contributed by atoms with Crippen molar-refractivity contribution >= 4 is 23.5 Å². The van der Waals surface area contributed by atoms with Crippen LogP contribution in [0.5, 0.6) is 11.5 Å². The normalized spacial score (nSPS) is 12.3. The van der Waals surface area contributed by atoms with Crippen molar-refractivity contribution in [2.24, 2.45) is 0 Å². The predicted octanol–water partition coefficient (Wildman–Crippen LogP) is 1.90. The summed E-state index contributed by atoms with van der Waals surface area (Å²) in [5, 5.41) is 6.02. The molecule has 0 saturated heterocycles. The van der Waals surface area contributed by atoms with Crippen LogP contribution >= 0.6 is 0 Å². The van der Waals surface area contributed by atoms with E-state index in [0.29, 0.717) is 36.0 Å². The maximum absolute atomic E-state index is 12.2. The number of amides is 1. The molecule has 9 nitrogen and oxygen atoms in total. The molecule has 1 amide bonds. The Bertz CT molecular complexity index is 859. The summed E-state index contributed by atoms with van der Waals surface area (Å²) in [6.07, 6.45) is -0.174. The van der Waals surface area contributed by atoms with E-state index in [0.717, 1.165) is 0 Å². The smallest absolute Gasteiger partial charge is 0.306 e. The summed E-state index contributed by atoms with van der Waals surface area (Å²) in [7, 11) is 0. The highest BCUT2D eigenvalue weighted by Crippen LogP contribution is 2.31. The Kier molecular flexibility index (Phi) is 5.70. The van der Waals surface area contributed by atoms with E-state index in [2.05, 4.69) is 10.5 Å². The zero-order valence-electron chi connectivity index (χ0n) is 14.6. The molecule has 27 heavy (non-hydrogen) atoms. The second kappa shape index (κ2) is 8.35. The van der Waals surface area contributed by atoms with E-state index < -0.39 is 18.5 Å². The van der Waals surface area contributed by atoms with Gasteiger partial charge in [-0.15, -0.1) is 0 Å². The molecule has 0 radical (unpaired) electrons. The Morgan fingerprint density at radius 2 is 1.89 bits per heavy atom. The van der Waals surface area contributed by atoms with E-state index in [9.17, 15) is 14.4 Å². The number of anilines is 1. The van der Waals surface area contributed by atoms with Gasteiger partial charge in [-0.2, -0.15) is 0 Å². The van der Waals surface area contributed by atoms with E-state index in [1.54, 1.807) is 25.1 Å². The van der Waals surface area contributed by atoms with Gasteiger partial charge in [-0.05, 0) is 25.1 Å². The highest BCUT2D eigenvalue weighted by molar-refractivity contribution is 5.98. The van der Waals surface area contributed by atoms with Crippen molar-refractivity contribution in [1.29, 1.82) is 0 Å². The Morgan fingerprint density at radius 1 is 1.11 bits per heavy atom. The lowest BCUT2D eigenvalue weighted by Gasteiger charge is -2.18. The number of nitrogens with zero attached hydrogens (tertiary/aromatic N) is 1. The zero-order chi connectivity index (χ0) is 19.2. The molecular formula is C18H18N2O7. The van der Waals surface area contributed by atoms with Gasteiger partial charge in [-0.3, -0.25) is 14.4 Å². The number of Topliss-reactive ketones (excluding diaryl/α,β-unsaturated/α-hetero) is 1. The molecule has 0 aliphatic carbocycles. The minimum absolute atomic E-state index is 0.0391. The number of carbonyl (C=O) groups is 3. The van der Waals surface area contributed by atoms with Gasteiger partial charge in [0.25, 0.3) is 5.91 Å². The standard InChI is InChI=1S/C18H18N2O7/c1-11-8-16(20-27-11)19-17(22)10-26-18(23)5-3-13(21)12-2-4-14-15(9-12)25-7-6-24-14/h2,4,8-9H,3,5-7,10H2,1H3,(H,19,20,22). The van der Waals surface area contributed by atoms with Crippen LogP contribution in [0.2, 0.25) is 0 Å². The van der Waals surface area contributed by atoms with Crippen LogP contribution in [0, 0.1) is 6.92 Å². The second-order valence-electron chi connectivity index (χ2n) is 5.81. The van der Waals surface area contributed by atoms with Gasteiger partial charge in [-0.1, -0.05) is 5.16 Å². The summed E-state index contributed by atoms with van der Waals surface area (Å²) in [5.74, 6) is 0.455. The molecule has 0 spiro atoms. The molecule has 1 aromatic carbocycles. The minimum atomic E-state index is -0.646. The maximum atomic E-state index is 12.2. The minimum Gasteiger partial charge on any atom is -0.486 e. The highest BCUT2D eigenvalue weighted by Gasteiger charge is 2.16. The number of benzene rings is 1. The first-order chi connectivity index (χ1) is 13.0. The number of rotatable bonds is 7. The molecule has 9 heteroatoms. The lowest BCUT2D eigenvalue weighted by Crippen LogP contribution is -2.21. The second-order valence-corrected chi connectivity index (χ2v) is 5.81. The number of hydrogen-bond acceptors (Lipinski definition) is 8. The van der Waals surface area contributed by atoms with Crippen molar-refractivity contribution in [2.45, 2.75) is 19.8 Å². The van der Waals surface area contributed by atoms with Crippen LogP contribution in [-0.4, -0.2) is 42.6 Å². The van der Waals surface area contributed by atoms with Crippen LogP contribution < -0.4 is 14.8 Å². The molecule has 0 fully saturated rings. The molecular weight excluding hydrogens is 356 g/mol. The van der Waals surface area contributed by atoms with Gasteiger partial charge in [0.05, 0.1) is 6.42 Å². The molecule has 1 aliphatic heterocycles. The summed E-state index contributed by atoms with van der Waals surface area (Å²) in [6.45, 7) is 2.10. The monoisotopic (exact) mass is 374 g/mol. The van der Waals surface area contributed by atoms with Crippen molar-refractivity contribution in [3.05, 3.63) is 35.6 Å². The molecule has 2 heterocycles. The Balaban J connectivity index is 1.42. The molecule has 2 aromatic rings. The molecule has 3 rings (SSSR count). The van der Waals surface area contributed by atoms with E-state index in [1.807, 2.05) is 0 Å². The highest BCUT2D eigenvalue weighted by atomic mass is 16.6. The van der Waals surface area contributed by atoms with E-state index in [1.165, 1.54) is 6.07 Å². The fraction of sp³-hybridized carbons (Fsp3) is 0.333. The molecule has 1 aromatic heterocycles. The van der Waals surface area contributed by atoms with Crippen molar-refractivity contribution in [1.82, 2.24) is 5.16 Å². The number of fused-ring (bicyclic) bond motifs is 1. The summed E-state index contributed by atoms with van der Waals surface area (Å²) < 4.78 is 20.5. The van der Waals surface area contributed by atoms with Gasteiger partial charge in [0.1, 0.15) is 19.0 Å². The van der Waals surface area contributed by atoms with Gasteiger partial charge in [0, 0.05) is 18.1 Å². The number of aryl methyl sites for hydroxylation is 1. The molecule has 1 aliphatic rings. The Hall–Kier alpha value is -3.36.